The number of phenols is 2. The van der Waals surface area contributed by atoms with Crippen LogP contribution in [0.2, 0.25) is 0 Å². The van der Waals surface area contributed by atoms with Crippen LogP contribution in [0.1, 0.15) is 5.56 Å². The third kappa shape index (κ3) is 4.31. The van der Waals surface area contributed by atoms with Crippen LogP contribution in [0.4, 0.5) is 0 Å². The first kappa shape index (κ1) is 19.2. The van der Waals surface area contributed by atoms with Crippen LogP contribution < -0.4 is 4.80 Å². The summed E-state index contributed by atoms with van der Waals surface area (Å²) in [5.74, 6) is -0.0579. The molecule has 29 heavy (non-hydrogen) atoms. The molecule has 4 aromatic rings. The highest BCUT2D eigenvalue weighted by atomic mass is 79.9. The van der Waals surface area contributed by atoms with E-state index < -0.39 is 0 Å². The molecule has 0 atom stereocenters. The number of halogens is 1. The molecule has 1 aromatic heterocycles. The minimum absolute atomic E-state index is 0.00379. The molecular weight excluding hydrogens is 450 g/mol. The first-order valence-corrected chi connectivity index (χ1v) is 10.4. The van der Waals surface area contributed by atoms with Crippen LogP contribution in [0.25, 0.3) is 16.9 Å². The molecule has 0 spiro atoms. The standard InChI is InChI=1S/C22H16BrN3O2S/c23-17-9-6-15(7-10-17)20-14-29-22(26(20)18-4-2-1-3-5-18)25-24-13-16-8-11-19(27)12-21(16)28/h1-14,27-28H/b24-13-,25-22-. The van der Waals surface area contributed by atoms with Gasteiger partial charge in [-0.3, -0.25) is 4.57 Å². The van der Waals surface area contributed by atoms with Crippen molar-refractivity contribution in [3.63, 3.8) is 0 Å². The molecule has 0 aliphatic heterocycles. The van der Waals surface area contributed by atoms with Crippen LogP contribution in [0.3, 0.4) is 0 Å². The molecule has 7 heteroatoms. The third-order valence-corrected chi connectivity index (χ3v) is 5.56. The van der Waals surface area contributed by atoms with E-state index in [2.05, 4.69) is 26.1 Å². The third-order valence-electron chi connectivity index (χ3n) is 4.22. The number of hydrogen-bond acceptors (Lipinski definition) is 5. The van der Waals surface area contributed by atoms with Crippen LogP contribution in [0, 0.1) is 0 Å². The Balaban J connectivity index is 1.80. The van der Waals surface area contributed by atoms with Gasteiger partial charge in [0.2, 0.25) is 4.80 Å². The van der Waals surface area contributed by atoms with Crippen LogP contribution in [-0.2, 0) is 0 Å². The molecular formula is C22H16BrN3O2S. The Labute approximate surface area is 179 Å². The molecule has 1 heterocycles. The molecule has 4 rings (SSSR count). The van der Waals surface area contributed by atoms with Gasteiger partial charge in [0.25, 0.3) is 0 Å². The zero-order chi connectivity index (χ0) is 20.2. The fraction of sp³-hybridized carbons (Fsp3) is 0. The van der Waals surface area contributed by atoms with E-state index in [-0.39, 0.29) is 11.5 Å². The molecule has 0 bridgehead atoms. The van der Waals surface area contributed by atoms with Crippen molar-refractivity contribution in [3.05, 3.63) is 93.0 Å². The van der Waals surface area contributed by atoms with Crippen molar-refractivity contribution in [1.82, 2.24) is 4.57 Å². The summed E-state index contributed by atoms with van der Waals surface area (Å²) in [4.78, 5) is 0.698. The Morgan fingerprint density at radius 1 is 0.931 bits per heavy atom. The van der Waals surface area contributed by atoms with E-state index in [4.69, 9.17) is 0 Å². The predicted molar refractivity (Wildman–Crippen MR) is 120 cm³/mol. The van der Waals surface area contributed by atoms with Gasteiger partial charge in [-0.2, -0.15) is 5.10 Å². The molecule has 0 saturated heterocycles. The maximum absolute atomic E-state index is 9.90. The molecule has 0 aliphatic rings. The summed E-state index contributed by atoms with van der Waals surface area (Å²) in [6.07, 6.45) is 1.46. The summed E-state index contributed by atoms with van der Waals surface area (Å²) in [6, 6.07) is 22.4. The molecule has 5 nitrogen and oxygen atoms in total. The topological polar surface area (TPSA) is 70.1 Å². The van der Waals surface area contributed by atoms with Gasteiger partial charge in [0, 0.05) is 27.2 Å². The second-order valence-electron chi connectivity index (χ2n) is 6.17. The van der Waals surface area contributed by atoms with Gasteiger partial charge >= 0.3 is 0 Å². The summed E-state index contributed by atoms with van der Waals surface area (Å²) in [5.41, 5.74) is 3.53. The lowest BCUT2D eigenvalue weighted by atomic mass is 10.1. The van der Waals surface area contributed by atoms with E-state index in [0.717, 1.165) is 21.4 Å². The molecule has 0 saturated carbocycles. The molecule has 2 N–H and O–H groups in total. The summed E-state index contributed by atoms with van der Waals surface area (Å²) in [6.45, 7) is 0. The lowest BCUT2D eigenvalue weighted by Crippen LogP contribution is -2.13. The lowest BCUT2D eigenvalue weighted by Gasteiger charge is -2.09. The van der Waals surface area contributed by atoms with Gasteiger partial charge in [-0.25, -0.2) is 0 Å². The lowest BCUT2D eigenvalue weighted by molar-refractivity contribution is 0.450. The highest BCUT2D eigenvalue weighted by Gasteiger charge is 2.10. The highest BCUT2D eigenvalue weighted by Crippen LogP contribution is 2.25. The van der Waals surface area contributed by atoms with E-state index >= 15 is 0 Å². The maximum atomic E-state index is 9.90. The maximum Gasteiger partial charge on any atom is 0.215 e. The Bertz CT molecular complexity index is 1230. The van der Waals surface area contributed by atoms with Gasteiger partial charge in [-0.15, -0.1) is 16.4 Å². The van der Waals surface area contributed by atoms with Crippen molar-refractivity contribution in [1.29, 1.82) is 0 Å². The Morgan fingerprint density at radius 2 is 1.69 bits per heavy atom. The van der Waals surface area contributed by atoms with Crippen molar-refractivity contribution >= 4 is 33.5 Å². The van der Waals surface area contributed by atoms with Gasteiger partial charge in [0.05, 0.1) is 11.9 Å². The van der Waals surface area contributed by atoms with Crippen molar-refractivity contribution in [2.24, 2.45) is 10.2 Å². The number of phenolic OH excluding ortho intramolecular Hbond substituents is 2. The summed E-state index contributed by atoms with van der Waals surface area (Å²) in [5, 5.41) is 29.9. The molecule has 0 amide bonds. The van der Waals surface area contributed by atoms with E-state index in [1.807, 2.05) is 64.5 Å². The Kier molecular flexibility index (Phi) is 5.59. The predicted octanol–water partition coefficient (Wildman–Crippen LogP) is 5.31. The van der Waals surface area contributed by atoms with E-state index in [0.29, 0.717) is 10.4 Å². The molecule has 144 valence electrons. The average molecular weight is 466 g/mol. The van der Waals surface area contributed by atoms with Crippen LogP contribution in [-0.4, -0.2) is 21.0 Å². The number of nitrogens with zero attached hydrogens (tertiary/aromatic N) is 3. The second kappa shape index (κ2) is 8.46. The van der Waals surface area contributed by atoms with Gasteiger partial charge < -0.3 is 10.2 Å². The Morgan fingerprint density at radius 3 is 2.41 bits per heavy atom. The van der Waals surface area contributed by atoms with E-state index in [1.54, 1.807) is 6.07 Å². The van der Waals surface area contributed by atoms with Crippen molar-refractivity contribution in [3.8, 4) is 28.4 Å². The zero-order valence-electron chi connectivity index (χ0n) is 15.1. The van der Waals surface area contributed by atoms with Gasteiger partial charge in [-0.1, -0.05) is 46.3 Å². The molecule has 0 radical (unpaired) electrons. The number of aromatic hydroxyl groups is 2. The number of thiazole rings is 1. The number of para-hydroxylation sites is 1. The van der Waals surface area contributed by atoms with Crippen molar-refractivity contribution < 1.29 is 10.2 Å². The van der Waals surface area contributed by atoms with Crippen molar-refractivity contribution in [2.45, 2.75) is 0 Å². The minimum atomic E-state index is -0.0541. The fourth-order valence-corrected chi connectivity index (χ4v) is 3.94. The van der Waals surface area contributed by atoms with Crippen LogP contribution in [0.15, 0.2) is 92.9 Å². The zero-order valence-corrected chi connectivity index (χ0v) is 17.5. The minimum Gasteiger partial charge on any atom is -0.508 e. The normalized spacial score (nSPS) is 12.0. The number of hydrogen-bond donors (Lipinski definition) is 2. The first-order valence-electron chi connectivity index (χ1n) is 8.73. The van der Waals surface area contributed by atoms with Gasteiger partial charge in [0.15, 0.2) is 0 Å². The average Bonchev–Trinajstić information content (AvgIpc) is 3.15. The molecule has 3 aromatic carbocycles. The van der Waals surface area contributed by atoms with E-state index in [1.165, 1.54) is 29.7 Å². The number of aromatic nitrogens is 1. The molecule has 0 fully saturated rings. The van der Waals surface area contributed by atoms with Crippen LogP contribution in [0.5, 0.6) is 11.5 Å². The summed E-state index contributed by atoms with van der Waals surface area (Å²) < 4.78 is 3.06. The van der Waals surface area contributed by atoms with E-state index in [9.17, 15) is 10.2 Å². The van der Waals surface area contributed by atoms with Crippen LogP contribution >= 0.6 is 27.3 Å². The quantitative estimate of drug-likeness (QED) is 0.316. The highest BCUT2D eigenvalue weighted by molar-refractivity contribution is 9.10. The molecule has 0 aliphatic carbocycles. The first-order chi connectivity index (χ1) is 14.1. The second-order valence-corrected chi connectivity index (χ2v) is 7.92. The van der Waals surface area contributed by atoms with Crippen molar-refractivity contribution in [2.75, 3.05) is 0 Å². The SMILES string of the molecule is Oc1ccc(/C=N\N=c2/scc(-c3ccc(Br)cc3)n2-c2ccccc2)c(O)c1. The molecule has 0 unspecified atom stereocenters. The summed E-state index contributed by atoms with van der Waals surface area (Å²) >= 11 is 4.96. The largest absolute Gasteiger partial charge is 0.508 e. The smallest absolute Gasteiger partial charge is 0.215 e. The Hall–Kier alpha value is -3.16. The number of rotatable bonds is 4. The summed E-state index contributed by atoms with van der Waals surface area (Å²) in [7, 11) is 0. The monoisotopic (exact) mass is 465 g/mol. The van der Waals surface area contributed by atoms with Gasteiger partial charge in [0.1, 0.15) is 11.5 Å². The number of benzene rings is 3. The van der Waals surface area contributed by atoms with Gasteiger partial charge in [-0.05, 0) is 42.0 Å². The fourth-order valence-electron chi connectivity index (χ4n) is 2.81.